The van der Waals surface area contributed by atoms with Crippen molar-refractivity contribution >= 4 is 10.9 Å². The molecule has 150 valence electrons. The van der Waals surface area contributed by atoms with Crippen molar-refractivity contribution in [1.82, 2.24) is 24.3 Å². The number of hydrogen-bond donors (Lipinski definition) is 2. The summed E-state index contributed by atoms with van der Waals surface area (Å²) in [6.45, 7) is 2.24. The second kappa shape index (κ2) is 6.50. The second-order valence-corrected chi connectivity index (χ2v) is 6.75. The molecule has 7 nitrogen and oxygen atoms in total. The van der Waals surface area contributed by atoms with Crippen LogP contribution in [0, 0.1) is 13.8 Å². The van der Waals surface area contributed by atoms with E-state index in [1.165, 1.54) is 23.2 Å². The molecule has 0 aliphatic carbocycles. The lowest BCUT2D eigenvalue weighted by molar-refractivity contribution is -0.142. The number of aryl methyl sites for hydroxylation is 2. The maximum atomic E-state index is 12.6. The predicted molar refractivity (Wildman–Crippen MR) is 98.9 cm³/mol. The van der Waals surface area contributed by atoms with E-state index < -0.39 is 12.7 Å². The molecule has 0 bridgehead atoms. The molecule has 4 heterocycles. The molecule has 0 unspecified atom stereocenters. The first-order valence-corrected chi connectivity index (χ1v) is 8.59. The zero-order valence-corrected chi connectivity index (χ0v) is 15.4. The van der Waals surface area contributed by atoms with Gasteiger partial charge in [-0.05, 0) is 31.5 Å². The molecule has 4 rings (SSSR count). The van der Waals surface area contributed by atoms with E-state index in [4.69, 9.17) is 0 Å². The monoisotopic (exact) mass is 403 g/mol. The quantitative estimate of drug-likeness (QED) is 0.542. The Balaban J connectivity index is 1.79. The van der Waals surface area contributed by atoms with Crippen LogP contribution in [0.5, 0.6) is 11.6 Å². The Hall–Kier alpha value is -3.56. The van der Waals surface area contributed by atoms with Crippen molar-refractivity contribution in [2.45, 2.75) is 26.6 Å². The first-order valence-electron chi connectivity index (χ1n) is 8.59. The summed E-state index contributed by atoms with van der Waals surface area (Å²) in [7, 11) is 0. The van der Waals surface area contributed by atoms with E-state index in [2.05, 4.69) is 15.1 Å². The van der Waals surface area contributed by atoms with Gasteiger partial charge in [-0.2, -0.15) is 18.3 Å². The highest BCUT2D eigenvalue weighted by Crippen LogP contribution is 2.34. The molecule has 0 atom stereocenters. The molecule has 0 amide bonds. The van der Waals surface area contributed by atoms with Crippen molar-refractivity contribution in [3.05, 3.63) is 48.2 Å². The molecule has 0 saturated carbocycles. The van der Waals surface area contributed by atoms with Crippen LogP contribution in [0.3, 0.4) is 0 Å². The number of alkyl halides is 3. The normalized spacial score (nSPS) is 12.0. The summed E-state index contributed by atoms with van der Waals surface area (Å²) in [5.41, 5.74) is 3.07. The van der Waals surface area contributed by atoms with Crippen LogP contribution in [0.15, 0.2) is 36.9 Å². The molecule has 4 aromatic rings. The molecular formula is C19H16F3N5O2. The minimum Gasteiger partial charge on any atom is -0.506 e. The van der Waals surface area contributed by atoms with E-state index in [0.717, 1.165) is 4.68 Å². The van der Waals surface area contributed by atoms with Gasteiger partial charge in [0, 0.05) is 24.2 Å². The van der Waals surface area contributed by atoms with Crippen molar-refractivity contribution in [3.63, 3.8) is 0 Å². The zero-order chi connectivity index (χ0) is 20.9. The van der Waals surface area contributed by atoms with Crippen molar-refractivity contribution < 1.29 is 23.4 Å². The number of rotatable bonds is 3. The Morgan fingerprint density at radius 2 is 1.83 bits per heavy atom. The third-order valence-electron chi connectivity index (χ3n) is 4.54. The Morgan fingerprint density at radius 3 is 2.52 bits per heavy atom. The molecule has 0 fully saturated rings. The number of aromatic hydroxyl groups is 2. The summed E-state index contributed by atoms with van der Waals surface area (Å²) >= 11 is 0. The Bertz CT molecular complexity index is 1230. The Kier molecular flexibility index (Phi) is 4.21. The number of fused-ring (bicyclic) bond motifs is 1. The van der Waals surface area contributed by atoms with Crippen molar-refractivity contribution in [2.75, 3.05) is 0 Å². The number of aromatic nitrogens is 5. The van der Waals surface area contributed by atoms with Gasteiger partial charge in [0.15, 0.2) is 0 Å². The van der Waals surface area contributed by atoms with Gasteiger partial charge in [-0.25, -0.2) is 4.98 Å². The maximum Gasteiger partial charge on any atom is 0.408 e. The Labute approximate surface area is 162 Å². The summed E-state index contributed by atoms with van der Waals surface area (Å²) < 4.78 is 39.8. The van der Waals surface area contributed by atoms with Gasteiger partial charge in [-0.3, -0.25) is 14.2 Å². The SMILES string of the molecule is Cc1ncc(-c2cc(C)c3c(O)n(-c4cnn(CC(F)(F)F)c4)cc3n2)cc1O. The molecule has 0 aliphatic rings. The minimum atomic E-state index is -4.40. The fourth-order valence-corrected chi connectivity index (χ4v) is 3.14. The van der Waals surface area contributed by atoms with Crippen LogP contribution in [0.2, 0.25) is 0 Å². The number of nitrogens with zero attached hydrogens (tertiary/aromatic N) is 5. The molecule has 29 heavy (non-hydrogen) atoms. The van der Waals surface area contributed by atoms with Gasteiger partial charge in [0.05, 0.1) is 34.2 Å². The molecule has 0 aromatic carbocycles. The van der Waals surface area contributed by atoms with E-state index >= 15 is 0 Å². The number of halogens is 3. The summed E-state index contributed by atoms with van der Waals surface area (Å²) in [6.07, 6.45) is 1.15. The summed E-state index contributed by atoms with van der Waals surface area (Å²) in [6, 6.07) is 3.29. The molecular weight excluding hydrogens is 387 g/mol. The topological polar surface area (TPSA) is 89.0 Å². The summed E-state index contributed by atoms with van der Waals surface area (Å²) in [5.74, 6) is -0.104. The lowest BCUT2D eigenvalue weighted by atomic mass is 10.1. The summed E-state index contributed by atoms with van der Waals surface area (Å²) in [5, 5.41) is 24.7. The standard InChI is InChI=1S/C19H16F3N5O2/c1-10-3-14(12-4-16(28)11(2)23-5-12)25-15-8-27(18(29)17(10)15)13-6-24-26(7-13)9-19(20,21)22/h3-8,28-29H,9H2,1-2H3. The van der Waals surface area contributed by atoms with Crippen molar-refractivity contribution in [1.29, 1.82) is 0 Å². The highest BCUT2D eigenvalue weighted by atomic mass is 19.4. The molecule has 4 aromatic heterocycles. The lowest BCUT2D eigenvalue weighted by Gasteiger charge is -2.06. The second-order valence-electron chi connectivity index (χ2n) is 6.75. The van der Waals surface area contributed by atoms with E-state index in [1.807, 2.05) is 0 Å². The third-order valence-corrected chi connectivity index (χ3v) is 4.54. The molecule has 0 spiro atoms. The van der Waals surface area contributed by atoms with Gasteiger partial charge >= 0.3 is 6.18 Å². The predicted octanol–water partition coefficient (Wildman–Crippen LogP) is 3.87. The first kappa shape index (κ1) is 18.8. The van der Waals surface area contributed by atoms with Crippen LogP contribution in [-0.4, -0.2) is 40.7 Å². The van der Waals surface area contributed by atoms with Crippen LogP contribution in [-0.2, 0) is 6.54 Å². The molecule has 10 heteroatoms. The van der Waals surface area contributed by atoms with E-state index in [0.29, 0.717) is 33.4 Å². The first-order chi connectivity index (χ1) is 13.6. The van der Waals surface area contributed by atoms with Gasteiger partial charge in [0.2, 0.25) is 5.88 Å². The van der Waals surface area contributed by atoms with Crippen LogP contribution >= 0.6 is 0 Å². The fraction of sp³-hybridized carbons (Fsp3) is 0.211. The van der Waals surface area contributed by atoms with E-state index in [9.17, 15) is 23.4 Å². The Morgan fingerprint density at radius 1 is 1.07 bits per heavy atom. The fourth-order valence-electron chi connectivity index (χ4n) is 3.14. The largest absolute Gasteiger partial charge is 0.506 e. The highest BCUT2D eigenvalue weighted by Gasteiger charge is 2.28. The highest BCUT2D eigenvalue weighted by molar-refractivity contribution is 5.90. The molecule has 0 radical (unpaired) electrons. The van der Waals surface area contributed by atoms with E-state index in [-0.39, 0.29) is 17.3 Å². The number of pyridine rings is 2. The van der Waals surface area contributed by atoms with Crippen molar-refractivity contribution in [2.24, 2.45) is 0 Å². The smallest absolute Gasteiger partial charge is 0.408 e. The minimum absolute atomic E-state index is 0.0412. The van der Waals surface area contributed by atoms with Crippen LogP contribution in [0.4, 0.5) is 13.2 Å². The van der Waals surface area contributed by atoms with Gasteiger partial charge in [-0.15, -0.1) is 0 Å². The average Bonchev–Trinajstić information content (AvgIpc) is 3.20. The number of hydrogen-bond acceptors (Lipinski definition) is 5. The van der Waals surface area contributed by atoms with Crippen LogP contribution < -0.4 is 0 Å². The maximum absolute atomic E-state index is 12.6. The summed E-state index contributed by atoms with van der Waals surface area (Å²) in [4.78, 5) is 8.63. The third kappa shape index (κ3) is 3.48. The average molecular weight is 403 g/mol. The van der Waals surface area contributed by atoms with Gasteiger partial charge < -0.3 is 10.2 Å². The van der Waals surface area contributed by atoms with E-state index in [1.54, 1.807) is 32.2 Å². The van der Waals surface area contributed by atoms with Crippen molar-refractivity contribution in [3.8, 4) is 28.6 Å². The molecule has 2 N–H and O–H groups in total. The van der Waals surface area contributed by atoms with Crippen LogP contribution in [0.1, 0.15) is 11.3 Å². The van der Waals surface area contributed by atoms with Crippen LogP contribution in [0.25, 0.3) is 27.8 Å². The van der Waals surface area contributed by atoms with Gasteiger partial charge in [-0.1, -0.05) is 0 Å². The zero-order valence-electron chi connectivity index (χ0n) is 15.4. The van der Waals surface area contributed by atoms with Gasteiger partial charge in [0.1, 0.15) is 12.3 Å². The molecule has 0 saturated heterocycles. The van der Waals surface area contributed by atoms with Gasteiger partial charge in [0.25, 0.3) is 0 Å². The molecule has 0 aliphatic heterocycles. The lowest BCUT2D eigenvalue weighted by Crippen LogP contribution is -2.17.